The molecule has 0 spiro atoms. The van der Waals surface area contributed by atoms with Gasteiger partial charge in [0.2, 0.25) is 5.89 Å². The molecule has 3 aromatic rings. The lowest BCUT2D eigenvalue weighted by molar-refractivity contribution is 0.239. The van der Waals surface area contributed by atoms with Crippen molar-refractivity contribution < 1.29 is 9.52 Å². The molecule has 22 heavy (non-hydrogen) atoms. The Labute approximate surface area is 130 Å². The Morgan fingerprint density at radius 3 is 3.18 bits per heavy atom. The van der Waals surface area contributed by atoms with Crippen LogP contribution in [0.3, 0.4) is 0 Å². The van der Waals surface area contributed by atoms with Gasteiger partial charge in [0.15, 0.2) is 5.76 Å². The molecule has 4 rings (SSSR count). The number of fused-ring (bicyclic) bond motifs is 1. The van der Waals surface area contributed by atoms with Gasteiger partial charge in [-0.05, 0) is 6.07 Å². The third-order valence-electron chi connectivity index (χ3n) is 3.40. The van der Waals surface area contributed by atoms with Gasteiger partial charge in [-0.15, -0.1) is 11.8 Å². The SMILES string of the molecule is OCc1ncc(C2=CN(c3ncnc4[nH]ccc34)CCS2)o1. The fourth-order valence-corrected chi connectivity index (χ4v) is 3.33. The molecule has 0 unspecified atom stereocenters. The van der Waals surface area contributed by atoms with E-state index in [9.17, 15) is 0 Å². The highest BCUT2D eigenvalue weighted by molar-refractivity contribution is 8.08. The first-order valence-electron chi connectivity index (χ1n) is 6.80. The second-order valence-electron chi connectivity index (χ2n) is 4.75. The third-order valence-corrected chi connectivity index (χ3v) is 4.40. The number of hydrogen-bond donors (Lipinski definition) is 2. The molecule has 3 aromatic heterocycles. The fourth-order valence-electron chi connectivity index (χ4n) is 2.38. The van der Waals surface area contributed by atoms with Crippen LogP contribution < -0.4 is 4.90 Å². The first-order chi connectivity index (χ1) is 10.8. The van der Waals surface area contributed by atoms with Crippen molar-refractivity contribution in [2.75, 3.05) is 17.2 Å². The van der Waals surface area contributed by atoms with Gasteiger partial charge in [-0.1, -0.05) is 0 Å². The van der Waals surface area contributed by atoms with Crippen LogP contribution in [0.25, 0.3) is 15.9 Å². The molecule has 0 radical (unpaired) electrons. The number of aromatic amines is 1. The maximum Gasteiger partial charge on any atom is 0.220 e. The summed E-state index contributed by atoms with van der Waals surface area (Å²) in [7, 11) is 0. The quantitative estimate of drug-likeness (QED) is 0.763. The maximum atomic E-state index is 9.06. The number of hydrogen-bond acceptors (Lipinski definition) is 7. The average Bonchev–Trinajstić information content (AvgIpc) is 3.23. The number of aliphatic hydroxyl groups is 1. The molecule has 0 fully saturated rings. The second kappa shape index (κ2) is 5.47. The molecule has 0 atom stereocenters. The van der Waals surface area contributed by atoms with Gasteiger partial charge in [0, 0.05) is 24.7 Å². The molecule has 4 heterocycles. The molecule has 0 aromatic carbocycles. The molecule has 2 N–H and O–H groups in total. The Morgan fingerprint density at radius 2 is 2.32 bits per heavy atom. The molecule has 0 aliphatic carbocycles. The molecule has 7 nitrogen and oxygen atoms in total. The van der Waals surface area contributed by atoms with Gasteiger partial charge in [-0.25, -0.2) is 15.0 Å². The van der Waals surface area contributed by atoms with Crippen LogP contribution in [-0.4, -0.2) is 37.3 Å². The van der Waals surface area contributed by atoms with Crippen LogP contribution in [0.5, 0.6) is 0 Å². The highest BCUT2D eigenvalue weighted by Crippen LogP contribution is 2.34. The number of nitrogens with one attached hydrogen (secondary N) is 1. The molecule has 0 amide bonds. The van der Waals surface area contributed by atoms with E-state index in [2.05, 4.69) is 24.8 Å². The van der Waals surface area contributed by atoms with Crippen molar-refractivity contribution in [3.8, 4) is 0 Å². The zero-order chi connectivity index (χ0) is 14.9. The van der Waals surface area contributed by atoms with Crippen LogP contribution in [0.2, 0.25) is 0 Å². The van der Waals surface area contributed by atoms with Crippen molar-refractivity contribution in [1.82, 2.24) is 19.9 Å². The zero-order valence-electron chi connectivity index (χ0n) is 11.6. The summed E-state index contributed by atoms with van der Waals surface area (Å²) in [6.45, 7) is 0.657. The van der Waals surface area contributed by atoms with E-state index in [1.54, 1.807) is 24.3 Å². The minimum absolute atomic E-state index is 0.197. The van der Waals surface area contributed by atoms with E-state index in [0.717, 1.165) is 34.1 Å². The van der Waals surface area contributed by atoms with Crippen LogP contribution in [0.15, 0.2) is 35.4 Å². The number of rotatable bonds is 3. The molecule has 0 saturated carbocycles. The number of anilines is 1. The Balaban J connectivity index is 1.73. The van der Waals surface area contributed by atoms with Crippen LogP contribution in [0.4, 0.5) is 5.82 Å². The van der Waals surface area contributed by atoms with Crippen molar-refractivity contribution in [3.63, 3.8) is 0 Å². The first kappa shape index (κ1) is 13.4. The number of nitrogens with zero attached hydrogens (tertiary/aromatic N) is 4. The van der Waals surface area contributed by atoms with E-state index in [1.807, 2.05) is 18.5 Å². The van der Waals surface area contributed by atoms with Crippen molar-refractivity contribution in [2.24, 2.45) is 0 Å². The van der Waals surface area contributed by atoms with Crippen LogP contribution in [0.1, 0.15) is 11.7 Å². The predicted octanol–water partition coefficient (Wildman–Crippen LogP) is 1.99. The molecule has 1 aliphatic heterocycles. The topological polar surface area (TPSA) is 91.1 Å². The summed E-state index contributed by atoms with van der Waals surface area (Å²) < 4.78 is 5.51. The summed E-state index contributed by atoms with van der Waals surface area (Å²) in [5, 5.41) is 10.0. The molecule has 8 heteroatoms. The highest BCUT2D eigenvalue weighted by Gasteiger charge is 2.19. The van der Waals surface area contributed by atoms with E-state index in [4.69, 9.17) is 9.52 Å². The zero-order valence-corrected chi connectivity index (χ0v) is 12.4. The lowest BCUT2D eigenvalue weighted by Crippen LogP contribution is -2.24. The van der Waals surface area contributed by atoms with Gasteiger partial charge in [-0.3, -0.25) is 0 Å². The summed E-state index contributed by atoms with van der Waals surface area (Å²) in [5.74, 6) is 2.77. The van der Waals surface area contributed by atoms with E-state index in [1.165, 1.54) is 0 Å². The van der Waals surface area contributed by atoms with Gasteiger partial charge < -0.3 is 19.4 Å². The lowest BCUT2D eigenvalue weighted by atomic mass is 10.3. The number of H-pyrrole nitrogens is 1. The second-order valence-corrected chi connectivity index (χ2v) is 5.89. The first-order valence-corrected chi connectivity index (χ1v) is 7.79. The third kappa shape index (κ3) is 2.26. The van der Waals surface area contributed by atoms with E-state index < -0.39 is 0 Å². The Morgan fingerprint density at radius 1 is 1.36 bits per heavy atom. The number of aromatic nitrogens is 4. The Kier molecular flexibility index (Phi) is 3.32. The maximum absolute atomic E-state index is 9.06. The lowest BCUT2D eigenvalue weighted by Gasteiger charge is -2.25. The Hall–Kier alpha value is -2.32. The minimum atomic E-state index is -0.197. The van der Waals surface area contributed by atoms with Gasteiger partial charge in [0.05, 0.1) is 16.5 Å². The summed E-state index contributed by atoms with van der Waals surface area (Å²) in [4.78, 5) is 18.8. The molecule has 0 saturated heterocycles. The van der Waals surface area contributed by atoms with Crippen molar-refractivity contribution in [3.05, 3.63) is 42.6 Å². The molecular formula is C14H13N5O2S. The standard InChI is InChI=1S/C14H13N5O2S/c20-7-12-16-5-10(21-12)11-6-19(3-4-22-11)14-9-1-2-15-13(9)17-8-18-14/h1-2,5-6,8,20H,3-4,7H2,(H,15,17,18). The van der Waals surface area contributed by atoms with Crippen molar-refractivity contribution >= 4 is 33.5 Å². The molecule has 112 valence electrons. The van der Waals surface area contributed by atoms with Crippen LogP contribution in [-0.2, 0) is 6.61 Å². The number of oxazole rings is 1. The Bertz CT molecular complexity index is 841. The van der Waals surface area contributed by atoms with Gasteiger partial charge >= 0.3 is 0 Å². The largest absolute Gasteiger partial charge is 0.438 e. The molecular weight excluding hydrogens is 302 g/mol. The van der Waals surface area contributed by atoms with E-state index >= 15 is 0 Å². The van der Waals surface area contributed by atoms with Crippen LogP contribution in [0, 0.1) is 0 Å². The van der Waals surface area contributed by atoms with E-state index in [0.29, 0.717) is 11.7 Å². The van der Waals surface area contributed by atoms with Crippen molar-refractivity contribution in [1.29, 1.82) is 0 Å². The predicted molar refractivity (Wildman–Crippen MR) is 84.1 cm³/mol. The van der Waals surface area contributed by atoms with Crippen LogP contribution >= 0.6 is 11.8 Å². The normalized spacial score (nSPS) is 15.3. The summed E-state index contributed by atoms with van der Waals surface area (Å²) >= 11 is 1.70. The number of thioether (sulfide) groups is 1. The van der Waals surface area contributed by atoms with E-state index in [-0.39, 0.29) is 6.61 Å². The van der Waals surface area contributed by atoms with Gasteiger partial charge in [0.1, 0.15) is 24.4 Å². The summed E-state index contributed by atoms with van der Waals surface area (Å²) in [6.07, 6.45) is 7.06. The van der Waals surface area contributed by atoms with Gasteiger partial charge in [-0.2, -0.15) is 0 Å². The minimum Gasteiger partial charge on any atom is -0.438 e. The monoisotopic (exact) mass is 315 g/mol. The smallest absolute Gasteiger partial charge is 0.220 e. The summed E-state index contributed by atoms with van der Waals surface area (Å²) in [5.41, 5.74) is 0.820. The average molecular weight is 315 g/mol. The van der Waals surface area contributed by atoms with Gasteiger partial charge in [0.25, 0.3) is 0 Å². The fraction of sp³-hybridized carbons (Fsp3) is 0.214. The molecule has 1 aliphatic rings. The molecule has 0 bridgehead atoms. The number of aliphatic hydroxyl groups excluding tert-OH is 1. The highest BCUT2D eigenvalue weighted by atomic mass is 32.2. The summed E-state index contributed by atoms with van der Waals surface area (Å²) in [6, 6.07) is 1.97. The van der Waals surface area contributed by atoms with Crippen molar-refractivity contribution in [2.45, 2.75) is 6.61 Å².